The molecule has 0 amide bonds. The van der Waals surface area contributed by atoms with Crippen LogP contribution in [0.4, 0.5) is 0 Å². The summed E-state index contributed by atoms with van der Waals surface area (Å²) < 4.78 is 5.58. The van der Waals surface area contributed by atoms with E-state index in [1.54, 1.807) is 0 Å². The maximum absolute atomic E-state index is 8.78. The molecule has 3 heteroatoms. The zero-order chi connectivity index (χ0) is 12.8. The summed E-state index contributed by atoms with van der Waals surface area (Å²) in [6.07, 6.45) is 2.11. The number of rotatable bonds is 4. The van der Waals surface area contributed by atoms with Crippen LogP contribution < -0.4 is 5.32 Å². The number of ether oxygens (including phenoxy) is 1. The minimum atomic E-state index is 0.534. The first-order valence-electron chi connectivity index (χ1n) is 6.63. The van der Waals surface area contributed by atoms with Crippen LogP contribution in [0.3, 0.4) is 0 Å². The Labute approximate surface area is 109 Å². The second-order valence-corrected chi connectivity index (χ2v) is 4.80. The summed E-state index contributed by atoms with van der Waals surface area (Å²) in [5.74, 6) is 0.534. The fourth-order valence-electron chi connectivity index (χ4n) is 2.55. The third-order valence-corrected chi connectivity index (χ3v) is 3.52. The standard InChI is InChI=1S/C15H20N2O/c1-2-17-15-7-8-18-11-14(15)9-12-3-5-13(10-16)6-4-12/h3-6,14-15,17H,2,7-9,11H2,1H3/t14-,15+/m0/s1. The van der Waals surface area contributed by atoms with E-state index < -0.39 is 0 Å². The Morgan fingerprint density at radius 3 is 2.83 bits per heavy atom. The van der Waals surface area contributed by atoms with Crippen molar-refractivity contribution < 1.29 is 4.74 Å². The molecule has 2 atom stereocenters. The van der Waals surface area contributed by atoms with Gasteiger partial charge in [-0.3, -0.25) is 0 Å². The van der Waals surface area contributed by atoms with Crippen LogP contribution >= 0.6 is 0 Å². The summed E-state index contributed by atoms with van der Waals surface area (Å²) in [5, 5.41) is 12.3. The monoisotopic (exact) mass is 244 g/mol. The maximum Gasteiger partial charge on any atom is 0.0991 e. The third-order valence-electron chi connectivity index (χ3n) is 3.52. The molecule has 0 spiro atoms. The molecule has 0 aromatic heterocycles. The lowest BCUT2D eigenvalue weighted by Gasteiger charge is -2.32. The summed E-state index contributed by atoms with van der Waals surface area (Å²) in [4.78, 5) is 0. The van der Waals surface area contributed by atoms with Gasteiger partial charge in [0.1, 0.15) is 0 Å². The first-order valence-corrected chi connectivity index (χ1v) is 6.63. The van der Waals surface area contributed by atoms with Crippen LogP contribution in [0.15, 0.2) is 24.3 Å². The van der Waals surface area contributed by atoms with Crippen LogP contribution in [-0.4, -0.2) is 25.8 Å². The van der Waals surface area contributed by atoms with Gasteiger partial charge in [0.2, 0.25) is 0 Å². The lowest BCUT2D eigenvalue weighted by molar-refractivity contribution is 0.0327. The first-order chi connectivity index (χ1) is 8.83. The molecule has 1 aliphatic rings. The van der Waals surface area contributed by atoms with Gasteiger partial charge >= 0.3 is 0 Å². The van der Waals surface area contributed by atoms with Crippen molar-refractivity contribution >= 4 is 0 Å². The normalized spacial score (nSPS) is 23.6. The number of nitrogens with one attached hydrogen (secondary N) is 1. The van der Waals surface area contributed by atoms with Crippen molar-refractivity contribution in [3.05, 3.63) is 35.4 Å². The molecule has 2 rings (SSSR count). The number of nitriles is 1. The average molecular weight is 244 g/mol. The van der Waals surface area contributed by atoms with Crippen molar-refractivity contribution in [1.29, 1.82) is 5.26 Å². The molecule has 1 aliphatic heterocycles. The van der Waals surface area contributed by atoms with Crippen LogP contribution in [0, 0.1) is 17.2 Å². The largest absolute Gasteiger partial charge is 0.381 e. The van der Waals surface area contributed by atoms with Gasteiger partial charge in [-0.2, -0.15) is 5.26 Å². The second kappa shape index (κ2) is 6.53. The number of hydrogen-bond donors (Lipinski definition) is 1. The highest BCUT2D eigenvalue weighted by Crippen LogP contribution is 2.20. The smallest absolute Gasteiger partial charge is 0.0991 e. The van der Waals surface area contributed by atoms with Gasteiger partial charge in [-0.25, -0.2) is 0 Å². The van der Waals surface area contributed by atoms with Crippen molar-refractivity contribution in [2.75, 3.05) is 19.8 Å². The Hall–Kier alpha value is -1.37. The van der Waals surface area contributed by atoms with E-state index in [0.717, 1.165) is 38.2 Å². The van der Waals surface area contributed by atoms with Gasteiger partial charge in [0.15, 0.2) is 0 Å². The summed E-state index contributed by atoms with van der Waals surface area (Å²) in [6, 6.07) is 10.6. The van der Waals surface area contributed by atoms with Gasteiger partial charge in [-0.1, -0.05) is 19.1 Å². The van der Waals surface area contributed by atoms with E-state index in [-0.39, 0.29) is 0 Å². The van der Waals surface area contributed by atoms with Gasteiger partial charge in [0, 0.05) is 18.6 Å². The SMILES string of the molecule is CCN[C@@H]1CCOC[C@@H]1Cc1ccc(C#N)cc1. The van der Waals surface area contributed by atoms with Crippen LogP contribution in [0.1, 0.15) is 24.5 Å². The molecule has 1 aromatic carbocycles. The molecular weight excluding hydrogens is 224 g/mol. The first kappa shape index (κ1) is 13.1. The molecule has 0 unspecified atom stereocenters. The Bertz CT molecular complexity index is 405. The summed E-state index contributed by atoms with van der Waals surface area (Å²) in [7, 11) is 0. The van der Waals surface area contributed by atoms with Crippen molar-refractivity contribution in [3.8, 4) is 6.07 Å². The van der Waals surface area contributed by atoms with E-state index in [1.807, 2.05) is 12.1 Å². The minimum Gasteiger partial charge on any atom is -0.381 e. The molecule has 3 nitrogen and oxygen atoms in total. The van der Waals surface area contributed by atoms with E-state index in [2.05, 4.69) is 30.4 Å². The van der Waals surface area contributed by atoms with Gasteiger partial charge in [0.05, 0.1) is 18.2 Å². The molecule has 1 aromatic rings. The third kappa shape index (κ3) is 3.32. The molecule has 0 radical (unpaired) electrons. The topological polar surface area (TPSA) is 45.0 Å². The van der Waals surface area contributed by atoms with Crippen LogP contribution in [0.25, 0.3) is 0 Å². The molecule has 0 bridgehead atoms. The summed E-state index contributed by atoms with van der Waals surface area (Å²) in [5.41, 5.74) is 2.01. The van der Waals surface area contributed by atoms with E-state index in [0.29, 0.717) is 12.0 Å². The highest BCUT2D eigenvalue weighted by Gasteiger charge is 2.24. The molecule has 0 saturated carbocycles. The Morgan fingerprint density at radius 1 is 1.39 bits per heavy atom. The lowest BCUT2D eigenvalue weighted by Crippen LogP contribution is -2.43. The number of hydrogen-bond acceptors (Lipinski definition) is 3. The van der Waals surface area contributed by atoms with Gasteiger partial charge in [-0.05, 0) is 37.1 Å². The van der Waals surface area contributed by atoms with Crippen LogP contribution in [-0.2, 0) is 11.2 Å². The number of benzene rings is 1. The summed E-state index contributed by atoms with van der Waals surface area (Å²) >= 11 is 0. The van der Waals surface area contributed by atoms with E-state index in [4.69, 9.17) is 10.00 Å². The Balaban J connectivity index is 1.99. The van der Waals surface area contributed by atoms with E-state index in [1.165, 1.54) is 5.56 Å². The van der Waals surface area contributed by atoms with Crippen LogP contribution in [0.2, 0.25) is 0 Å². The minimum absolute atomic E-state index is 0.534. The van der Waals surface area contributed by atoms with Gasteiger partial charge < -0.3 is 10.1 Å². The fraction of sp³-hybridized carbons (Fsp3) is 0.533. The van der Waals surface area contributed by atoms with Crippen molar-refractivity contribution in [2.24, 2.45) is 5.92 Å². The quantitative estimate of drug-likeness (QED) is 0.882. The molecule has 1 heterocycles. The fourth-order valence-corrected chi connectivity index (χ4v) is 2.55. The maximum atomic E-state index is 8.78. The van der Waals surface area contributed by atoms with Crippen molar-refractivity contribution in [3.63, 3.8) is 0 Å². The van der Waals surface area contributed by atoms with Gasteiger partial charge in [0.25, 0.3) is 0 Å². The van der Waals surface area contributed by atoms with Gasteiger partial charge in [-0.15, -0.1) is 0 Å². The zero-order valence-electron chi connectivity index (χ0n) is 10.9. The Morgan fingerprint density at radius 2 is 2.17 bits per heavy atom. The highest BCUT2D eigenvalue weighted by molar-refractivity contribution is 5.31. The lowest BCUT2D eigenvalue weighted by atomic mass is 9.89. The molecule has 18 heavy (non-hydrogen) atoms. The zero-order valence-corrected chi connectivity index (χ0v) is 10.9. The Kier molecular flexibility index (Phi) is 4.74. The molecule has 1 N–H and O–H groups in total. The molecule has 96 valence electrons. The number of nitrogens with zero attached hydrogens (tertiary/aromatic N) is 1. The average Bonchev–Trinajstić information content (AvgIpc) is 2.42. The molecular formula is C15H20N2O. The molecule has 0 aliphatic carbocycles. The summed E-state index contributed by atoms with van der Waals surface area (Å²) in [6.45, 7) is 4.85. The van der Waals surface area contributed by atoms with E-state index in [9.17, 15) is 0 Å². The predicted octanol–water partition coefficient (Wildman–Crippen LogP) is 2.12. The van der Waals surface area contributed by atoms with Crippen molar-refractivity contribution in [1.82, 2.24) is 5.32 Å². The second-order valence-electron chi connectivity index (χ2n) is 4.80. The highest BCUT2D eigenvalue weighted by atomic mass is 16.5. The van der Waals surface area contributed by atoms with E-state index >= 15 is 0 Å². The molecule has 1 fully saturated rings. The van der Waals surface area contributed by atoms with Crippen LogP contribution in [0.5, 0.6) is 0 Å². The molecule has 1 saturated heterocycles. The van der Waals surface area contributed by atoms with Crippen molar-refractivity contribution in [2.45, 2.75) is 25.8 Å². The predicted molar refractivity (Wildman–Crippen MR) is 71.3 cm³/mol.